The van der Waals surface area contributed by atoms with Gasteiger partial charge < -0.3 is 15.8 Å². The molecule has 4 N–H and O–H groups in total. The number of hydrogen-bond acceptors (Lipinski definition) is 2. The van der Waals surface area contributed by atoms with E-state index in [1.54, 1.807) is 18.3 Å². The summed E-state index contributed by atoms with van der Waals surface area (Å²) in [5.41, 5.74) is 7.83. The minimum atomic E-state index is -4.37. The van der Waals surface area contributed by atoms with E-state index in [1.165, 1.54) is 12.1 Å². The van der Waals surface area contributed by atoms with Crippen LogP contribution in [0.1, 0.15) is 11.1 Å². The Balaban J connectivity index is 1.96. The Kier molecular flexibility index (Phi) is 4.26. The van der Waals surface area contributed by atoms with Crippen molar-refractivity contribution in [3.63, 3.8) is 0 Å². The van der Waals surface area contributed by atoms with Crippen LogP contribution in [0.4, 0.5) is 13.2 Å². The van der Waals surface area contributed by atoms with Crippen LogP contribution < -0.4 is 5.73 Å². The van der Waals surface area contributed by atoms with E-state index in [-0.39, 0.29) is 6.42 Å². The van der Waals surface area contributed by atoms with Gasteiger partial charge in [0, 0.05) is 23.5 Å². The number of aliphatic carboxylic acids is 1. The zero-order chi connectivity index (χ0) is 18.2. The number of alkyl halides is 3. The summed E-state index contributed by atoms with van der Waals surface area (Å²) in [4.78, 5) is 14.0. The first-order chi connectivity index (χ1) is 11.8. The molecular weight excluding hydrogens is 333 g/mol. The molecule has 0 aliphatic carbocycles. The predicted octanol–water partition coefficient (Wildman–Crippen LogP) is 3.81. The SMILES string of the molecule is N[C@@H](Cc1c[nH]c2ccc(-c3ccc(C(F)(F)F)cc3)cc12)C(=O)O. The van der Waals surface area contributed by atoms with Gasteiger partial charge in [-0.25, -0.2) is 0 Å². The van der Waals surface area contributed by atoms with Gasteiger partial charge in [0.15, 0.2) is 0 Å². The molecule has 0 radical (unpaired) electrons. The second kappa shape index (κ2) is 6.25. The summed E-state index contributed by atoms with van der Waals surface area (Å²) in [6.07, 6.45) is -2.51. The molecule has 0 saturated heterocycles. The number of nitrogens with two attached hydrogens (primary N) is 1. The number of hydrogen-bond donors (Lipinski definition) is 3. The summed E-state index contributed by atoms with van der Waals surface area (Å²) in [6.45, 7) is 0. The molecule has 130 valence electrons. The summed E-state index contributed by atoms with van der Waals surface area (Å²) in [5, 5.41) is 9.75. The maximum Gasteiger partial charge on any atom is 0.416 e. The smallest absolute Gasteiger partial charge is 0.416 e. The van der Waals surface area contributed by atoms with Crippen molar-refractivity contribution < 1.29 is 23.1 Å². The van der Waals surface area contributed by atoms with Crippen molar-refractivity contribution in [3.8, 4) is 11.1 Å². The van der Waals surface area contributed by atoms with Crippen LogP contribution >= 0.6 is 0 Å². The second-order valence-corrected chi connectivity index (χ2v) is 5.80. The van der Waals surface area contributed by atoms with E-state index in [0.29, 0.717) is 5.56 Å². The first-order valence-electron chi connectivity index (χ1n) is 7.52. The van der Waals surface area contributed by atoms with E-state index in [1.807, 2.05) is 6.07 Å². The van der Waals surface area contributed by atoms with Gasteiger partial charge in [0.05, 0.1) is 5.56 Å². The number of carboxylic acid groups (broad SMARTS) is 1. The number of carbonyl (C=O) groups is 1. The summed E-state index contributed by atoms with van der Waals surface area (Å²) in [6, 6.07) is 9.31. The van der Waals surface area contributed by atoms with Crippen molar-refractivity contribution in [1.82, 2.24) is 4.98 Å². The third-order valence-electron chi connectivity index (χ3n) is 4.07. The Bertz CT molecular complexity index is 914. The van der Waals surface area contributed by atoms with Gasteiger partial charge in [-0.1, -0.05) is 18.2 Å². The molecule has 0 bridgehead atoms. The van der Waals surface area contributed by atoms with E-state index in [9.17, 15) is 18.0 Å². The molecule has 1 aromatic heterocycles. The molecule has 0 aliphatic heterocycles. The number of H-pyrrole nitrogens is 1. The summed E-state index contributed by atoms with van der Waals surface area (Å²) >= 11 is 0. The highest BCUT2D eigenvalue weighted by Crippen LogP contribution is 2.32. The number of halogens is 3. The quantitative estimate of drug-likeness (QED) is 0.671. The van der Waals surface area contributed by atoms with Gasteiger partial charge in [0.2, 0.25) is 0 Å². The summed E-state index contributed by atoms with van der Waals surface area (Å²) in [5.74, 6) is -1.09. The Morgan fingerprint density at radius 2 is 1.76 bits per heavy atom. The molecule has 0 aliphatic rings. The fourth-order valence-electron chi connectivity index (χ4n) is 2.70. The van der Waals surface area contributed by atoms with Crippen molar-refractivity contribution in [2.45, 2.75) is 18.6 Å². The fraction of sp³-hybridized carbons (Fsp3) is 0.167. The largest absolute Gasteiger partial charge is 0.480 e. The zero-order valence-electron chi connectivity index (χ0n) is 13.0. The Hall–Kier alpha value is -2.80. The first-order valence-corrected chi connectivity index (χ1v) is 7.52. The van der Waals surface area contributed by atoms with Gasteiger partial charge in [-0.05, 0) is 41.0 Å². The van der Waals surface area contributed by atoms with E-state index in [2.05, 4.69) is 4.98 Å². The molecule has 0 unspecified atom stereocenters. The van der Waals surface area contributed by atoms with Gasteiger partial charge >= 0.3 is 12.1 Å². The minimum Gasteiger partial charge on any atom is -0.480 e. The molecule has 25 heavy (non-hydrogen) atoms. The van der Waals surface area contributed by atoms with Crippen LogP contribution in [-0.2, 0) is 17.4 Å². The molecule has 1 heterocycles. The second-order valence-electron chi connectivity index (χ2n) is 5.80. The van der Waals surface area contributed by atoms with Crippen LogP contribution in [0.15, 0.2) is 48.7 Å². The van der Waals surface area contributed by atoms with E-state index in [0.717, 1.165) is 34.2 Å². The Labute approximate surface area is 141 Å². The maximum absolute atomic E-state index is 12.7. The minimum absolute atomic E-state index is 0.159. The first kappa shape index (κ1) is 17.0. The fourth-order valence-corrected chi connectivity index (χ4v) is 2.70. The Morgan fingerprint density at radius 1 is 1.12 bits per heavy atom. The third kappa shape index (κ3) is 3.51. The van der Waals surface area contributed by atoms with Crippen LogP contribution in [-0.4, -0.2) is 22.1 Å². The lowest BCUT2D eigenvalue weighted by Crippen LogP contribution is -2.32. The zero-order valence-corrected chi connectivity index (χ0v) is 13.0. The molecule has 0 saturated carbocycles. The van der Waals surface area contributed by atoms with Crippen molar-refractivity contribution in [2.24, 2.45) is 5.73 Å². The lowest BCUT2D eigenvalue weighted by Gasteiger charge is -2.09. The van der Waals surface area contributed by atoms with Gasteiger partial charge in [-0.3, -0.25) is 4.79 Å². The van der Waals surface area contributed by atoms with E-state index >= 15 is 0 Å². The number of rotatable bonds is 4. The molecule has 0 fully saturated rings. The van der Waals surface area contributed by atoms with Crippen LogP contribution in [0.25, 0.3) is 22.0 Å². The maximum atomic E-state index is 12.7. The topological polar surface area (TPSA) is 79.1 Å². The standard InChI is InChI=1S/C18H15F3N2O2/c19-18(20,21)13-4-1-10(2-5-13)11-3-6-16-14(7-11)12(9-23-16)8-15(22)17(24)25/h1-7,9,15,23H,8,22H2,(H,24,25)/t15-/m0/s1. The molecule has 1 atom stereocenters. The summed E-state index contributed by atoms with van der Waals surface area (Å²) in [7, 11) is 0. The van der Waals surface area contributed by atoms with E-state index in [4.69, 9.17) is 10.8 Å². The highest BCUT2D eigenvalue weighted by Gasteiger charge is 2.30. The highest BCUT2D eigenvalue weighted by atomic mass is 19.4. The monoisotopic (exact) mass is 348 g/mol. The summed E-state index contributed by atoms with van der Waals surface area (Å²) < 4.78 is 38.0. The van der Waals surface area contributed by atoms with Gasteiger partial charge in [-0.15, -0.1) is 0 Å². The van der Waals surface area contributed by atoms with Crippen molar-refractivity contribution in [3.05, 3.63) is 59.8 Å². The molecule has 0 amide bonds. The molecule has 7 heteroatoms. The predicted molar refractivity (Wildman–Crippen MR) is 88.1 cm³/mol. The van der Waals surface area contributed by atoms with Gasteiger partial charge in [-0.2, -0.15) is 13.2 Å². The van der Waals surface area contributed by atoms with Crippen LogP contribution in [0.2, 0.25) is 0 Å². The molecule has 0 spiro atoms. The molecule has 4 nitrogen and oxygen atoms in total. The normalized spacial score (nSPS) is 13.1. The number of aromatic amines is 1. The van der Waals surface area contributed by atoms with Crippen LogP contribution in [0, 0.1) is 0 Å². The molecule has 3 aromatic rings. The van der Waals surface area contributed by atoms with Gasteiger partial charge in [0.1, 0.15) is 6.04 Å². The number of carboxylic acids is 1. The van der Waals surface area contributed by atoms with Gasteiger partial charge in [0.25, 0.3) is 0 Å². The number of fused-ring (bicyclic) bond motifs is 1. The van der Waals surface area contributed by atoms with E-state index < -0.39 is 23.8 Å². The number of aromatic nitrogens is 1. The molecule has 3 rings (SSSR count). The Morgan fingerprint density at radius 3 is 2.36 bits per heavy atom. The third-order valence-corrected chi connectivity index (χ3v) is 4.07. The average Bonchev–Trinajstić information content (AvgIpc) is 2.96. The number of nitrogens with one attached hydrogen (secondary N) is 1. The van der Waals surface area contributed by atoms with Crippen molar-refractivity contribution >= 4 is 16.9 Å². The molecular formula is C18H15F3N2O2. The van der Waals surface area contributed by atoms with Crippen molar-refractivity contribution in [1.29, 1.82) is 0 Å². The molecule has 2 aromatic carbocycles. The highest BCUT2D eigenvalue weighted by molar-refractivity contribution is 5.88. The van der Waals surface area contributed by atoms with Crippen molar-refractivity contribution in [2.75, 3.05) is 0 Å². The average molecular weight is 348 g/mol. The van der Waals surface area contributed by atoms with Crippen LogP contribution in [0.5, 0.6) is 0 Å². The lowest BCUT2D eigenvalue weighted by atomic mass is 9.99. The van der Waals surface area contributed by atoms with Crippen LogP contribution in [0.3, 0.4) is 0 Å². The number of benzene rings is 2. The lowest BCUT2D eigenvalue weighted by molar-refractivity contribution is -0.139.